The van der Waals surface area contributed by atoms with Crippen LogP contribution in [-0.2, 0) is 14.8 Å². The molecule has 1 aromatic heterocycles. The first-order chi connectivity index (χ1) is 9.52. The van der Waals surface area contributed by atoms with E-state index in [1.54, 1.807) is 0 Å². The number of amides is 1. The van der Waals surface area contributed by atoms with Gasteiger partial charge in [0.2, 0.25) is 10.0 Å². The Labute approximate surface area is 120 Å². The van der Waals surface area contributed by atoms with Gasteiger partial charge in [-0.1, -0.05) is 0 Å². The van der Waals surface area contributed by atoms with E-state index in [1.165, 1.54) is 6.20 Å². The first-order valence-electron chi connectivity index (χ1n) is 6.20. The van der Waals surface area contributed by atoms with Crippen LogP contribution in [0.2, 0.25) is 0 Å². The Morgan fingerprint density at radius 2 is 2.40 bits per heavy atom. The summed E-state index contributed by atoms with van der Waals surface area (Å²) in [5, 5.41) is 0.675. The van der Waals surface area contributed by atoms with Crippen molar-refractivity contribution in [2.75, 3.05) is 19.0 Å². The van der Waals surface area contributed by atoms with Crippen LogP contribution < -0.4 is 4.72 Å². The second-order valence-electron chi connectivity index (χ2n) is 4.36. The van der Waals surface area contributed by atoms with Crippen molar-refractivity contribution in [1.29, 1.82) is 0 Å². The number of ether oxygens (including phenoxy) is 1. The third-order valence-electron chi connectivity index (χ3n) is 2.75. The minimum Gasteiger partial charge on any atom is -0.371 e. The van der Waals surface area contributed by atoms with E-state index in [9.17, 15) is 17.6 Å². The number of nitrogens with zero attached hydrogens (tertiary/aromatic N) is 1. The van der Waals surface area contributed by atoms with Crippen LogP contribution in [-0.4, -0.2) is 38.3 Å². The standard InChI is InChI=1S/C11H15FN2O4S2/c12-4-2-6-20(16,17)14-10(15)9-7-13-11(19-9)8-3-1-5-18-8/h7-8H,1-6H2,(H,14,15)/t8-/m1/s1. The highest BCUT2D eigenvalue weighted by molar-refractivity contribution is 7.90. The minimum absolute atomic E-state index is 0.107. The quantitative estimate of drug-likeness (QED) is 0.856. The Hall–Kier alpha value is -1.06. The van der Waals surface area contributed by atoms with Gasteiger partial charge in [-0.15, -0.1) is 11.3 Å². The Morgan fingerprint density at radius 1 is 1.60 bits per heavy atom. The maximum Gasteiger partial charge on any atom is 0.276 e. The Morgan fingerprint density at radius 3 is 3.05 bits per heavy atom. The summed E-state index contributed by atoms with van der Waals surface area (Å²) in [6, 6.07) is 0. The summed E-state index contributed by atoms with van der Waals surface area (Å²) in [7, 11) is -3.79. The smallest absolute Gasteiger partial charge is 0.276 e. The molecular formula is C11H15FN2O4S2. The minimum atomic E-state index is -3.79. The zero-order valence-electron chi connectivity index (χ0n) is 10.7. The Bertz CT molecular complexity index is 567. The number of rotatable bonds is 6. The van der Waals surface area contributed by atoms with Gasteiger partial charge in [-0.25, -0.2) is 18.1 Å². The highest BCUT2D eigenvalue weighted by Gasteiger charge is 2.23. The molecule has 0 aromatic carbocycles. The molecule has 1 aliphatic rings. The number of hydrogen-bond donors (Lipinski definition) is 1. The zero-order chi connectivity index (χ0) is 14.6. The van der Waals surface area contributed by atoms with Gasteiger partial charge in [0.1, 0.15) is 16.0 Å². The molecule has 2 rings (SSSR count). The molecule has 1 atom stereocenters. The Balaban J connectivity index is 1.99. The highest BCUT2D eigenvalue weighted by Crippen LogP contribution is 2.31. The van der Waals surface area contributed by atoms with Crippen LogP contribution in [0.1, 0.15) is 40.0 Å². The molecular weight excluding hydrogens is 307 g/mol. The zero-order valence-corrected chi connectivity index (χ0v) is 12.3. The summed E-state index contributed by atoms with van der Waals surface area (Å²) in [5.74, 6) is -1.14. The number of carbonyl (C=O) groups is 1. The fraction of sp³-hybridized carbons (Fsp3) is 0.636. The predicted molar refractivity (Wildman–Crippen MR) is 71.9 cm³/mol. The second-order valence-corrected chi connectivity index (χ2v) is 7.26. The van der Waals surface area contributed by atoms with E-state index in [4.69, 9.17) is 4.74 Å². The summed E-state index contributed by atoms with van der Waals surface area (Å²) in [6.45, 7) is -0.0673. The first-order valence-corrected chi connectivity index (χ1v) is 8.67. The van der Waals surface area contributed by atoms with Crippen molar-refractivity contribution in [3.63, 3.8) is 0 Å². The average molecular weight is 322 g/mol. The summed E-state index contributed by atoms with van der Waals surface area (Å²) in [6.07, 6.45) is 2.89. The molecule has 0 radical (unpaired) electrons. The van der Waals surface area contributed by atoms with Crippen LogP contribution in [0.5, 0.6) is 0 Å². The van der Waals surface area contributed by atoms with E-state index in [0.717, 1.165) is 24.2 Å². The van der Waals surface area contributed by atoms with Gasteiger partial charge in [0.15, 0.2) is 0 Å². The fourth-order valence-electron chi connectivity index (χ4n) is 1.80. The average Bonchev–Trinajstić information content (AvgIpc) is 3.05. The monoisotopic (exact) mass is 322 g/mol. The molecule has 6 nitrogen and oxygen atoms in total. The molecule has 0 unspecified atom stereocenters. The molecule has 112 valence electrons. The lowest BCUT2D eigenvalue weighted by Crippen LogP contribution is -2.32. The maximum absolute atomic E-state index is 12.0. The number of hydrogen-bond acceptors (Lipinski definition) is 6. The van der Waals surface area contributed by atoms with Gasteiger partial charge in [0.25, 0.3) is 5.91 Å². The molecule has 1 amide bonds. The largest absolute Gasteiger partial charge is 0.371 e. The summed E-state index contributed by atoms with van der Waals surface area (Å²) < 4.78 is 42.3. The molecule has 20 heavy (non-hydrogen) atoms. The second kappa shape index (κ2) is 6.59. The number of thiazole rings is 1. The maximum atomic E-state index is 12.0. The van der Waals surface area contributed by atoms with Crippen molar-refractivity contribution in [1.82, 2.24) is 9.71 Å². The normalized spacial score (nSPS) is 19.1. The third-order valence-corrected chi connectivity index (χ3v) is 5.16. The summed E-state index contributed by atoms with van der Waals surface area (Å²) in [5.41, 5.74) is 0. The predicted octanol–water partition coefficient (Wildman–Crippen LogP) is 1.41. The van der Waals surface area contributed by atoms with Crippen LogP contribution in [0.3, 0.4) is 0 Å². The first kappa shape index (κ1) is 15.3. The van der Waals surface area contributed by atoms with E-state index < -0.39 is 28.4 Å². The van der Waals surface area contributed by atoms with E-state index in [2.05, 4.69) is 4.98 Å². The molecule has 1 aliphatic heterocycles. The molecule has 1 N–H and O–H groups in total. The molecule has 1 aromatic rings. The molecule has 0 bridgehead atoms. The van der Waals surface area contributed by atoms with Crippen LogP contribution in [0, 0.1) is 0 Å². The van der Waals surface area contributed by atoms with E-state index in [1.807, 2.05) is 4.72 Å². The van der Waals surface area contributed by atoms with Crippen LogP contribution in [0.4, 0.5) is 4.39 Å². The number of nitrogens with one attached hydrogen (secondary N) is 1. The lowest BCUT2D eigenvalue weighted by Gasteiger charge is -2.04. The molecule has 2 heterocycles. The van der Waals surface area contributed by atoms with Crippen molar-refractivity contribution in [2.24, 2.45) is 0 Å². The number of halogens is 1. The van der Waals surface area contributed by atoms with E-state index >= 15 is 0 Å². The van der Waals surface area contributed by atoms with Crippen molar-refractivity contribution in [3.8, 4) is 0 Å². The van der Waals surface area contributed by atoms with Gasteiger partial charge in [-0.05, 0) is 19.3 Å². The van der Waals surface area contributed by atoms with Gasteiger partial charge < -0.3 is 4.74 Å². The number of carbonyl (C=O) groups excluding carboxylic acids is 1. The topological polar surface area (TPSA) is 85.4 Å². The van der Waals surface area contributed by atoms with Gasteiger partial charge in [0, 0.05) is 6.61 Å². The van der Waals surface area contributed by atoms with Gasteiger partial charge in [-0.3, -0.25) is 9.18 Å². The summed E-state index contributed by atoms with van der Waals surface area (Å²) >= 11 is 1.12. The van der Waals surface area contributed by atoms with Gasteiger partial charge >= 0.3 is 0 Å². The van der Waals surface area contributed by atoms with Crippen LogP contribution >= 0.6 is 11.3 Å². The van der Waals surface area contributed by atoms with Crippen LogP contribution in [0.15, 0.2) is 6.20 Å². The Kier molecular flexibility index (Phi) is 5.06. The lowest BCUT2D eigenvalue weighted by atomic mass is 10.2. The van der Waals surface area contributed by atoms with Crippen LogP contribution in [0.25, 0.3) is 0 Å². The van der Waals surface area contributed by atoms with Crippen molar-refractivity contribution >= 4 is 27.3 Å². The van der Waals surface area contributed by atoms with Crippen molar-refractivity contribution in [3.05, 3.63) is 16.1 Å². The molecule has 1 fully saturated rings. The number of sulfonamides is 1. The van der Waals surface area contributed by atoms with Gasteiger partial charge in [-0.2, -0.15) is 0 Å². The van der Waals surface area contributed by atoms with Gasteiger partial charge in [0.05, 0.1) is 18.6 Å². The van der Waals surface area contributed by atoms with E-state index in [-0.39, 0.29) is 17.4 Å². The number of aromatic nitrogens is 1. The van der Waals surface area contributed by atoms with Crippen molar-refractivity contribution in [2.45, 2.75) is 25.4 Å². The SMILES string of the molecule is O=C(NS(=O)(=O)CCCF)c1cnc([C@H]2CCCO2)s1. The lowest BCUT2D eigenvalue weighted by molar-refractivity contribution is 0.0985. The molecule has 1 saturated heterocycles. The molecule has 0 saturated carbocycles. The van der Waals surface area contributed by atoms with Crippen molar-refractivity contribution < 1.29 is 22.3 Å². The number of alkyl halides is 1. The van der Waals surface area contributed by atoms with E-state index in [0.29, 0.717) is 11.6 Å². The molecule has 0 spiro atoms. The third kappa shape index (κ3) is 3.97. The summed E-state index contributed by atoms with van der Waals surface area (Å²) in [4.78, 5) is 16.1. The fourth-order valence-corrected chi connectivity index (χ4v) is 3.75. The highest BCUT2D eigenvalue weighted by atomic mass is 32.2. The molecule has 9 heteroatoms. The molecule has 0 aliphatic carbocycles.